The van der Waals surface area contributed by atoms with Gasteiger partial charge in [0.05, 0.1) is 12.2 Å². The first kappa shape index (κ1) is 23.0. The summed E-state index contributed by atoms with van der Waals surface area (Å²) in [4.78, 5) is 32.2. The molecule has 1 saturated heterocycles. The molecule has 5 nitrogen and oxygen atoms in total. The van der Waals surface area contributed by atoms with Crippen LogP contribution in [0.1, 0.15) is 17.5 Å². The quantitative estimate of drug-likeness (QED) is 0.490. The lowest BCUT2D eigenvalue weighted by atomic mass is 10.2. The van der Waals surface area contributed by atoms with Crippen LogP contribution in [-0.4, -0.2) is 27.1 Å². The number of nitrogens with one attached hydrogen (secondary N) is 1. The molecular weight excluding hydrogens is 461 g/mol. The third-order valence-electron chi connectivity index (χ3n) is 5.02. The van der Waals surface area contributed by atoms with Gasteiger partial charge in [0, 0.05) is 17.1 Å². The van der Waals surface area contributed by atoms with Crippen LogP contribution in [0.5, 0.6) is 0 Å². The second-order valence-corrected chi connectivity index (χ2v) is 9.25. The SMILES string of the molecule is Cc1cccc(NC(=O)C2CC(=O)N(Cc3ccc(F)cc3)C(=Nc3ccc(Cl)cc3)S2)c1. The summed E-state index contributed by atoms with van der Waals surface area (Å²) in [7, 11) is 0. The molecule has 0 radical (unpaired) electrons. The maximum absolute atomic E-state index is 13.3. The normalized spacial score (nSPS) is 17.3. The first-order valence-electron chi connectivity index (χ1n) is 10.3. The molecule has 168 valence electrons. The van der Waals surface area contributed by atoms with E-state index in [1.807, 2.05) is 31.2 Å². The van der Waals surface area contributed by atoms with Gasteiger partial charge in [-0.3, -0.25) is 14.5 Å². The fourth-order valence-electron chi connectivity index (χ4n) is 3.34. The van der Waals surface area contributed by atoms with Gasteiger partial charge in [-0.2, -0.15) is 0 Å². The Bertz CT molecular complexity index is 1200. The number of aliphatic imine (C=N–C) groups is 1. The molecule has 1 aliphatic heterocycles. The molecule has 3 aromatic carbocycles. The number of rotatable bonds is 5. The van der Waals surface area contributed by atoms with Crippen molar-refractivity contribution in [1.29, 1.82) is 0 Å². The van der Waals surface area contributed by atoms with Gasteiger partial charge in [0.2, 0.25) is 11.8 Å². The zero-order chi connectivity index (χ0) is 23.4. The molecule has 1 heterocycles. The number of hydrogen-bond acceptors (Lipinski definition) is 4. The van der Waals surface area contributed by atoms with Crippen molar-refractivity contribution in [1.82, 2.24) is 4.90 Å². The van der Waals surface area contributed by atoms with Crippen LogP contribution in [0.15, 0.2) is 77.8 Å². The molecule has 2 amide bonds. The van der Waals surface area contributed by atoms with Gasteiger partial charge in [-0.1, -0.05) is 47.6 Å². The van der Waals surface area contributed by atoms with Crippen LogP contribution in [0.25, 0.3) is 0 Å². The minimum absolute atomic E-state index is 0.0309. The molecule has 0 aliphatic carbocycles. The number of nitrogens with zero attached hydrogens (tertiary/aromatic N) is 2. The van der Waals surface area contributed by atoms with E-state index in [0.717, 1.165) is 11.1 Å². The molecule has 1 N–H and O–H groups in total. The minimum atomic E-state index is -0.631. The van der Waals surface area contributed by atoms with Crippen molar-refractivity contribution in [3.63, 3.8) is 0 Å². The van der Waals surface area contributed by atoms with Crippen LogP contribution in [0.4, 0.5) is 15.8 Å². The lowest BCUT2D eigenvalue weighted by Crippen LogP contribution is -2.44. The third-order valence-corrected chi connectivity index (χ3v) is 6.46. The average Bonchev–Trinajstić information content (AvgIpc) is 2.78. The summed E-state index contributed by atoms with van der Waals surface area (Å²) in [6.45, 7) is 2.17. The molecule has 4 rings (SSSR count). The van der Waals surface area contributed by atoms with Crippen LogP contribution in [0.3, 0.4) is 0 Å². The van der Waals surface area contributed by atoms with E-state index >= 15 is 0 Å². The van der Waals surface area contributed by atoms with E-state index < -0.39 is 5.25 Å². The first-order valence-corrected chi connectivity index (χ1v) is 11.6. The fourth-order valence-corrected chi connectivity index (χ4v) is 4.56. The van der Waals surface area contributed by atoms with Crippen molar-refractivity contribution in [2.45, 2.75) is 25.1 Å². The number of aryl methyl sites for hydroxylation is 1. The van der Waals surface area contributed by atoms with E-state index in [-0.39, 0.29) is 30.6 Å². The van der Waals surface area contributed by atoms with Crippen molar-refractivity contribution in [3.8, 4) is 0 Å². The number of halogens is 2. The maximum Gasteiger partial charge on any atom is 0.238 e. The van der Waals surface area contributed by atoms with Crippen molar-refractivity contribution in [3.05, 3.63) is 94.8 Å². The van der Waals surface area contributed by atoms with Gasteiger partial charge in [-0.15, -0.1) is 0 Å². The molecular formula is C25H21ClFN3O2S. The Labute approximate surface area is 200 Å². The summed E-state index contributed by atoms with van der Waals surface area (Å²) < 4.78 is 13.3. The van der Waals surface area contributed by atoms with Gasteiger partial charge in [-0.05, 0) is 66.6 Å². The predicted octanol–water partition coefficient (Wildman–Crippen LogP) is 5.95. The zero-order valence-electron chi connectivity index (χ0n) is 17.8. The third kappa shape index (κ3) is 6.00. The average molecular weight is 482 g/mol. The number of amides is 2. The van der Waals surface area contributed by atoms with Gasteiger partial charge in [0.15, 0.2) is 5.17 Å². The van der Waals surface area contributed by atoms with E-state index in [9.17, 15) is 14.0 Å². The molecule has 0 spiro atoms. The number of carbonyl (C=O) groups excluding carboxylic acids is 2. The second kappa shape index (κ2) is 10.2. The molecule has 1 fully saturated rings. The molecule has 1 aliphatic rings. The lowest BCUT2D eigenvalue weighted by Gasteiger charge is -2.32. The van der Waals surface area contributed by atoms with E-state index in [0.29, 0.717) is 21.6 Å². The van der Waals surface area contributed by atoms with E-state index in [2.05, 4.69) is 10.3 Å². The molecule has 33 heavy (non-hydrogen) atoms. The Balaban J connectivity index is 1.59. The summed E-state index contributed by atoms with van der Waals surface area (Å²) in [5, 5.41) is 3.24. The van der Waals surface area contributed by atoms with Gasteiger partial charge >= 0.3 is 0 Å². The second-order valence-electron chi connectivity index (χ2n) is 7.65. The van der Waals surface area contributed by atoms with Crippen LogP contribution in [0.2, 0.25) is 5.02 Å². The molecule has 8 heteroatoms. The van der Waals surface area contributed by atoms with Gasteiger partial charge in [0.25, 0.3) is 0 Å². The predicted molar refractivity (Wildman–Crippen MR) is 131 cm³/mol. The molecule has 0 saturated carbocycles. The Morgan fingerprint density at radius 3 is 2.58 bits per heavy atom. The Hall–Kier alpha value is -3.16. The maximum atomic E-state index is 13.3. The summed E-state index contributed by atoms with van der Waals surface area (Å²) in [6, 6.07) is 20.4. The van der Waals surface area contributed by atoms with Crippen LogP contribution >= 0.6 is 23.4 Å². The molecule has 3 aromatic rings. The highest BCUT2D eigenvalue weighted by Gasteiger charge is 2.36. The summed E-state index contributed by atoms with van der Waals surface area (Å²) in [5.74, 6) is -0.833. The van der Waals surface area contributed by atoms with Crippen LogP contribution in [-0.2, 0) is 16.1 Å². The monoisotopic (exact) mass is 481 g/mol. The smallest absolute Gasteiger partial charge is 0.238 e. The number of hydrogen-bond donors (Lipinski definition) is 1. The minimum Gasteiger partial charge on any atom is -0.325 e. The van der Waals surface area contributed by atoms with Gasteiger partial charge in [0.1, 0.15) is 11.1 Å². The van der Waals surface area contributed by atoms with E-state index in [1.54, 1.807) is 36.4 Å². The largest absolute Gasteiger partial charge is 0.325 e. The van der Waals surface area contributed by atoms with Crippen molar-refractivity contribution >= 4 is 51.7 Å². The molecule has 0 bridgehead atoms. The lowest BCUT2D eigenvalue weighted by molar-refractivity contribution is -0.129. The van der Waals surface area contributed by atoms with E-state index in [1.165, 1.54) is 28.8 Å². The van der Waals surface area contributed by atoms with Gasteiger partial charge < -0.3 is 5.32 Å². The highest BCUT2D eigenvalue weighted by atomic mass is 35.5. The summed E-state index contributed by atoms with van der Waals surface area (Å²) in [5.41, 5.74) is 3.07. The first-order chi connectivity index (χ1) is 15.9. The Kier molecular flexibility index (Phi) is 7.11. The Morgan fingerprint density at radius 2 is 1.88 bits per heavy atom. The number of carbonyl (C=O) groups is 2. The highest BCUT2D eigenvalue weighted by molar-refractivity contribution is 8.15. The number of amidine groups is 1. The topological polar surface area (TPSA) is 61.8 Å². The molecule has 1 atom stereocenters. The summed E-state index contributed by atoms with van der Waals surface area (Å²) in [6.07, 6.45) is 0.0309. The standard InChI is InChI=1S/C25H21ClFN3O2S/c1-16-3-2-4-21(13-16)28-24(32)22-14-23(31)30(15-17-5-9-19(27)10-6-17)25(33-22)29-20-11-7-18(26)8-12-20/h2-13,22H,14-15H2,1H3,(H,28,32). The highest BCUT2D eigenvalue weighted by Crippen LogP contribution is 2.31. The van der Waals surface area contributed by atoms with Crippen molar-refractivity contribution < 1.29 is 14.0 Å². The number of benzene rings is 3. The number of thioether (sulfide) groups is 1. The molecule has 0 aromatic heterocycles. The zero-order valence-corrected chi connectivity index (χ0v) is 19.4. The number of anilines is 1. The van der Waals surface area contributed by atoms with Crippen molar-refractivity contribution in [2.75, 3.05) is 5.32 Å². The van der Waals surface area contributed by atoms with Gasteiger partial charge in [-0.25, -0.2) is 9.38 Å². The van der Waals surface area contributed by atoms with E-state index in [4.69, 9.17) is 11.6 Å². The van der Waals surface area contributed by atoms with Crippen LogP contribution in [0, 0.1) is 12.7 Å². The molecule has 1 unspecified atom stereocenters. The fraction of sp³-hybridized carbons (Fsp3) is 0.160. The van der Waals surface area contributed by atoms with Crippen molar-refractivity contribution in [2.24, 2.45) is 4.99 Å². The van der Waals surface area contributed by atoms with Crippen LogP contribution < -0.4 is 5.32 Å². The Morgan fingerprint density at radius 1 is 1.15 bits per heavy atom. The summed E-state index contributed by atoms with van der Waals surface area (Å²) >= 11 is 7.21.